The molecule has 4 saturated carbocycles. The molecule has 4 rings (SSSR count). The molecule has 4 aliphatic carbocycles. The molecule has 22 heavy (non-hydrogen) atoms. The number of fused-ring (bicyclic) bond motifs is 5. The molecule has 0 aromatic heterocycles. The SMILES string of the molecule is C[C@]12CCCCC1CC[C@H]1[C@@H]3CCC(O)[C@@]3(C)CC(O)[C@]12F. The monoisotopic (exact) mass is 310 g/mol. The topological polar surface area (TPSA) is 40.5 Å². The third-order valence-electron chi connectivity index (χ3n) is 8.60. The standard InChI is InChI=1S/C19H31FO2/c1-17-11-16(22)19(20)14(13(17)8-9-15(17)21)7-6-12-5-3-4-10-18(12,19)2/h12-16,21-22H,3-11H2,1-2H3/t12?,13-,14-,15?,16?,17-,18-,19+/m0/s1. The summed E-state index contributed by atoms with van der Waals surface area (Å²) in [5.74, 6) is 0.626. The van der Waals surface area contributed by atoms with E-state index < -0.39 is 11.8 Å². The fourth-order valence-electron chi connectivity index (χ4n) is 7.27. The molecule has 0 bridgehead atoms. The first-order valence-electron chi connectivity index (χ1n) is 9.39. The molecule has 0 radical (unpaired) electrons. The van der Waals surface area contributed by atoms with E-state index in [9.17, 15) is 10.2 Å². The van der Waals surface area contributed by atoms with Crippen molar-refractivity contribution < 1.29 is 14.6 Å². The molecule has 3 unspecified atom stereocenters. The highest BCUT2D eigenvalue weighted by Gasteiger charge is 2.71. The quantitative estimate of drug-likeness (QED) is 0.713. The Labute approximate surface area is 133 Å². The van der Waals surface area contributed by atoms with Crippen LogP contribution in [0.3, 0.4) is 0 Å². The molecular formula is C19H31FO2. The maximum Gasteiger partial charge on any atom is 0.145 e. The van der Waals surface area contributed by atoms with Crippen LogP contribution in [0.25, 0.3) is 0 Å². The van der Waals surface area contributed by atoms with E-state index in [1.54, 1.807) is 0 Å². The summed E-state index contributed by atoms with van der Waals surface area (Å²) in [5, 5.41) is 21.4. The third kappa shape index (κ3) is 1.63. The molecule has 4 fully saturated rings. The number of rotatable bonds is 0. The van der Waals surface area contributed by atoms with Crippen molar-refractivity contribution in [3.05, 3.63) is 0 Å². The van der Waals surface area contributed by atoms with Gasteiger partial charge in [0.1, 0.15) is 5.67 Å². The van der Waals surface area contributed by atoms with Crippen molar-refractivity contribution in [2.45, 2.75) is 89.5 Å². The van der Waals surface area contributed by atoms with Crippen LogP contribution in [-0.4, -0.2) is 28.1 Å². The van der Waals surface area contributed by atoms with Crippen molar-refractivity contribution in [2.75, 3.05) is 0 Å². The van der Waals surface area contributed by atoms with Gasteiger partial charge in [-0.3, -0.25) is 0 Å². The normalized spacial score (nSPS) is 61.2. The van der Waals surface area contributed by atoms with Crippen molar-refractivity contribution in [1.29, 1.82) is 0 Å². The van der Waals surface area contributed by atoms with Gasteiger partial charge in [0.15, 0.2) is 0 Å². The minimum atomic E-state index is -1.44. The zero-order valence-electron chi connectivity index (χ0n) is 14.0. The molecular weight excluding hydrogens is 279 g/mol. The number of aliphatic hydroxyl groups excluding tert-OH is 2. The Bertz CT molecular complexity index is 468. The molecule has 0 spiro atoms. The molecule has 0 heterocycles. The van der Waals surface area contributed by atoms with Gasteiger partial charge in [0.2, 0.25) is 0 Å². The zero-order valence-corrected chi connectivity index (χ0v) is 14.0. The van der Waals surface area contributed by atoms with Gasteiger partial charge in [-0.05, 0) is 68.1 Å². The fourth-order valence-corrected chi connectivity index (χ4v) is 7.27. The lowest BCUT2D eigenvalue weighted by molar-refractivity contribution is -0.247. The van der Waals surface area contributed by atoms with Gasteiger partial charge in [-0.1, -0.05) is 26.7 Å². The molecule has 2 N–H and O–H groups in total. The first kappa shape index (κ1) is 15.4. The fraction of sp³-hybridized carbons (Fsp3) is 1.00. The van der Waals surface area contributed by atoms with Crippen LogP contribution in [0.5, 0.6) is 0 Å². The second-order valence-corrected chi connectivity index (χ2v) is 9.24. The van der Waals surface area contributed by atoms with Crippen LogP contribution in [0.1, 0.15) is 71.6 Å². The third-order valence-corrected chi connectivity index (χ3v) is 8.60. The number of halogens is 1. The Hall–Kier alpha value is -0.150. The van der Waals surface area contributed by atoms with Gasteiger partial charge >= 0.3 is 0 Å². The van der Waals surface area contributed by atoms with E-state index in [-0.39, 0.29) is 28.8 Å². The van der Waals surface area contributed by atoms with Gasteiger partial charge in [-0.2, -0.15) is 0 Å². The van der Waals surface area contributed by atoms with Crippen LogP contribution >= 0.6 is 0 Å². The Morgan fingerprint density at radius 1 is 0.864 bits per heavy atom. The zero-order chi connectivity index (χ0) is 15.8. The molecule has 0 aromatic carbocycles. The number of alkyl halides is 1. The van der Waals surface area contributed by atoms with Crippen LogP contribution in [0.2, 0.25) is 0 Å². The summed E-state index contributed by atoms with van der Waals surface area (Å²) in [5.41, 5.74) is -2.08. The summed E-state index contributed by atoms with van der Waals surface area (Å²) < 4.78 is 16.5. The number of hydrogen-bond donors (Lipinski definition) is 2. The summed E-state index contributed by atoms with van der Waals surface area (Å²) in [6.07, 6.45) is 7.27. The van der Waals surface area contributed by atoms with Crippen molar-refractivity contribution >= 4 is 0 Å². The van der Waals surface area contributed by atoms with Crippen LogP contribution in [0.15, 0.2) is 0 Å². The van der Waals surface area contributed by atoms with E-state index in [0.29, 0.717) is 12.3 Å². The molecule has 0 aromatic rings. The maximum absolute atomic E-state index is 16.5. The van der Waals surface area contributed by atoms with E-state index >= 15 is 4.39 Å². The van der Waals surface area contributed by atoms with Crippen molar-refractivity contribution in [3.8, 4) is 0 Å². The van der Waals surface area contributed by atoms with Crippen LogP contribution in [-0.2, 0) is 0 Å². The van der Waals surface area contributed by atoms with Gasteiger partial charge in [0.05, 0.1) is 12.2 Å². The van der Waals surface area contributed by atoms with Crippen molar-refractivity contribution in [2.24, 2.45) is 28.6 Å². The average Bonchev–Trinajstić information content (AvgIpc) is 2.76. The lowest BCUT2D eigenvalue weighted by Crippen LogP contribution is -2.69. The lowest BCUT2D eigenvalue weighted by Gasteiger charge is -2.64. The van der Waals surface area contributed by atoms with Gasteiger partial charge in [0.25, 0.3) is 0 Å². The van der Waals surface area contributed by atoms with Crippen molar-refractivity contribution in [3.63, 3.8) is 0 Å². The van der Waals surface area contributed by atoms with Gasteiger partial charge in [-0.15, -0.1) is 0 Å². The largest absolute Gasteiger partial charge is 0.393 e. The minimum Gasteiger partial charge on any atom is -0.393 e. The molecule has 0 aliphatic heterocycles. The summed E-state index contributed by atoms with van der Waals surface area (Å²) in [7, 11) is 0. The van der Waals surface area contributed by atoms with Crippen LogP contribution < -0.4 is 0 Å². The minimum absolute atomic E-state index is 0.0576. The predicted molar refractivity (Wildman–Crippen MR) is 84.1 cm³/mol. The summed E-state index contributed by atoms with van der Waals surface area (Å²) in [4.78, 5) is 0. The molecule has 3 heteroatoms. The first-order chi connectivity index (χ1) is 10.3. The Kier molecular flexibility index (Phi) is 3.28. The summed E-state index contributed by atoms with van der Waals surface area (Å²) in [6.45, 7) is 4.22. The van der Waals surface area contributed by atoms with Crippen molar-refractivity contribution in [1.82, 2.24) is 0 Å². The molecule has 4 aliphatic rings. The predicted octanol–water partition coefficient (Wildman–Crippen LogP) is 3.84. The molecule has 8 atom stereocenters. The molecule has 0 amide bonds. The Morgan fingerprint density at radius 3 is 2.36 bits per heavy atom. The Balaban J connectivity index is 1.77. The van der Waals surface area contributed by atoms with E-state index in [1.165, 1.54) is 6.42 Å². The second-order valence-electron chi connectivity index (χ2n) is 9.24. The summed E-state index contributed by atoms with van der Waals surface area (Å²) >= 11 is 0. The lowest BCUT2D eigenvalue weighted by atomic mass is 9.43. The van der Waals surface area contributed by atoms with E-state index in [2.05, 4.69) is 13.8 Å². The number of aliphatic hydroxyl groups is 2. The molecule has 2 nitrogen and oxygen atoms in total. The highest BCUT2D eigenvalue weighted by Crippen LogP contribution is 2.69. The molecule has 0 saturated heterocycles. The van der Waals surface area contributed by atoms with Gasteiger partial charge in [-0.25, -0.2) is 4.39 Å². The summed E-state index contributed by atoms with van der Waals surface area (Å²) in [6, 6.07) is 0. The Morgan fingerprint density at radius 2 is 1.59 bits per heavy atom. The van der Waals surface area contributed by atoms with Gasteiger partial charge < -0.3 is 10.2 Å². The van der Waals surface area contributed by atoms with Crippen LogP contribution in [0.4, 0.5) is 4.39 Å². The highest BCUT2D eigenvalue weighted by atomic mass is 19.1. The first-order valence-corrected chi connectivity index (χ1v) is 9.39. The average molecular weight is 310 g/mol. The van der Waals surface area contributed by atoms with E-state index in [4.69, 9.17) is 0 Å². The smallest absolute Gasteiger partial charge is 0.145 e. The number of hydrogen-bond acceptors (Lipinski definition) is 2. The van der Waals surface area contributed by atoms with Gasteiger partial charge in [0, 0.05) is 5.41 Å². The highest BCUT2D eigenvalue weighted by molar-refractivity contribution is 5.19. The maximum atomic E-state index is 16.5. The molecule has 126 valence electrons. The van der Waals surface area contributed by atoms with E-state index in [1.807, 2.05) is 0 Å². The van der Waals surface area contributed by atoms with E-state index in [0.717, 1.165) is 44.9 Å². The second kappa shape index (κ2) is 4.69. The van der Waals surface area contributed by atoms with Crippen LogP contribution in [0, 0.1) is 28.6 Å².